The van der Waals surface area contributed by atoms with Crippen LogP contribution in [-0.4, -0.2) is 22.1 Å². The molecule has 4 unspecified atom stereocenters. The molecule has 0 aliphatic heterocycles. The van der Waals surface area contributed by atoms with E-state index in [0.717, 1.165) is 6.42 Å². The predicted octanol–water partition coefficient (Wildman–Crippen LogP) is 8.24. The first kappa shape index (κ1) is 34.0. The molecule has 11 heteroatoms. The predicted molar refractivity (Wildman–Crippen MR) is 160 cm³/mol. The molecule has 40 heavy (non-hydrogen) atoms. The van der Waals surface area contributed by atoms with Gasteiger partial charge >= 0.3 is 0 Å². The van der Waals surface area contributed by atoms with Gasteiger partial charge in [0.2, 0.25) is 0 Å². The van der Waals surface area contributed by atoms with Gasteiger partial charge in [0.25, 0.3) is 5.91 Å². The average molecular weight is 614 g/mol. The molecule has 1 amide bonds. The number of carbonyl (C=O) groups excluding carboxylic acids is 1. The molecule has 1 aromatic heterocycles. The zero-order valence-corrected chi connectivity index (χ0v) is 25.0. The lowest BCUT2D eigenvalue weighted by Crippen LogP contribution is -2.31. The molecule has 0 radical (unpaired) electrons. The fourth-order valence-corrected chi connectivity index (χ4v) is 4.76. The Labute approximate surface area is 248 Å². The summed E-state index contributed by atoms with van der Waals surface area (Å²) in [6.07, 6.45) is 8.50. The van der Waals surface area contributed by atoms with Crippen molar-refractivity contribution in [3.05, 3.63) is 88.5 Å². The van der Waals surface area contributed by atoms with Crippen molar-refractivity contribution in [3.63, 3.8) is 0 Å². The SMILES string of the molecule is CC(SN)c1cccnc1.CCC1CCCC(C)C1O.O=C(Nc1cc(F)c(F)c(F)c1)c1ccc(Cl)c(S)c1. The molecule has 0 saturated heterocycles. The highest BCUT2D eigenvalue weighted by molar-refractivity contribution is 7.97. The number of benzene rings is 2. The lowest BCUT2D eigenvalue weighted by molar-refractivity contribution is 0.0237. The van der Waals surface area contributed by atoms with E-state index in [1.165, 1.54) is 55.0 Å². The molecule has 1 fully saturated rings. The van der Waals surface area contributed by atoms with Gasteiger partial charge in [-0.1, -0.05) is 56.3 Å². The number of pyridine rings is 1. The largest absolute Gasteiger partial charge is 0.393 e. The minimum atomic E-state index is -1.59. The number of carbonyl (C=O) groups is 1. The molecule has 0 spiro atoms. The van der Waals surface area contributed by atoms with Gasteiger partial charge in [0.1, 0.15) is 0 Å². The van der Waals surface area contributed by atoms with Gasteiger partial charge in [-0.15, -0.1) is 12.6 Å². The second-order valence-corrected chi connectivity index (χ2v) is 11.4. The normalized spacial score (nSPS) is 18.9. The summed E-state index contributed by atoms with van der Waals surface area (Å²) in [6, 6.07) is 9.61. The van der Waals surface area contributed by atoms with E-state index in [-0.39, 0.29) is 17.4 Å². The number of aromatic nitrogens is 1. The summed E-state index contributed by atoms with van der Waals surface area (Å²) in [5.74, 6) is -3.85. The van der Waals surface area contributed by atoms with Crippen molar-refractivity contribution >= 4 is 47.8 Å². The van der Waals surface area contributed by atoms with Crippen LogP contribution in [0.3, 0.4) is 0 Å². The number of nitrogens with two attached hydrogens (primary N) is 1. The van der Waals surface area contributed by atoms with Gasteiger partial charge in [-0.3, -0.25) is 14.9 Å². The average Bonchev–Trinajstić information content (AvgIpc) is 2.95. The fourth-order valence-electron chi connectivity index (χ4n) is 4.13. The van der Waals surface area contributed by atoms with Crippen molar-refractivity contribution in [3.8, 4) is 0 Å². The molecule has 0 bridgehead atoms. The molecular formula is C29H35ClF3N3O2S2. The van der Waals surface area contributed by atoms with E-state index in [1.54, 1.807) is 6.20 Å². The number of rotatable bonds is 5. The van der Waals surface area contributed by atoms with E-state index < -0.39 is 23.4 Å². The number of halogens is 4. The first-order valence-corrected chi connectivity index (χ1v) is 14.6. The van der Waals surface area contributed by atoms with Crippen LogP contribution in [0.2, 0.25) is 5.02 Å². The van der Waals surface area contributed by atoms with Crippen LogP contribution in [-0.2, 0) is 0 Å². The number of amides is 1. The Kier molecular flexibility index (Phi) is 14.3. The summed E-state index contributed by atoms with van der Waals surface area (Å²) in [7, 11) is 0. The van der Waals surface area contributed by atoms with Crippen LogP contribution in [0.4, 0.5) is 18.9 Å². The molecule has 218 valence electrons. The van der Waals surface area contributed by atoms with Crippen LogP contribution < -0.4 is 10.5 Å². The molecule has 1 heterocycles. The minimum Gasteiger partial charge on any atom is -0.393 e. The minimum absolute atomic E-state index is 0.0150. The van der Waals surface area contributed by atoms with Crippen molar-refractivity contribution in [1.29, 1.82) is 0 Å². The number of hydrogen-bond donors (Lipinski definition) is 4. The topological polar surface area (TPSA) is 88.2 Å². The first-order chi connectivity index (χ1) is 19.0. The lowest BCUT2D eigenvalue weighted by Gasteiger charge is -2.31. The molecule has 4 atom stereocenters. The van der Waals surface area contributed by atoms with E-state index in [4.69, 9.17) is 16.7 Å². The van der Waals surface area contributed by atoms with Crippen LogP contribution in [0, 0.1) is 29.3 Å². The first-order valence-electron chi connectivity index (χ1n) is 12.9. The number of hydrogen-bond acceptors (Lipinski definition) is 6. The molecule has 4 N–H and O–H groups in total. The third-order valence-electron chi connectivity index (χ3n) is 6.63. The van der Waals surface area contributed by atoms with E-state index >= 15 is 0 Å². The van der Waals surface area contributed by atoms with Gasteiger partial charge < -0.3 is 10.4 Å². The van der Waals surface area contributed by atoms with E-state index in [0.29, 0.717) is 39.1 Å². The summed E-state index contributed by atoms with van der Waals surface area (Å²) in [5, 5.41) is 18.0. The highest BCUT2D eigenvalue weighted by Crippen LogP contribution is 2.30. The van der Waals surface area contributed by atoms with Crippen LogP contribution in [0.25, 0.3) is 0 Å². The van der Waals surface area contributed by atoms with Crippen molar-refractivity contribution in [1.82, 2.24) is 4.98 Å². The van der Waals surface area contributed by atoms with Crippen molar-refractivity contribution in [2.45, 2.75) is 62.7 Å². The Morgan fingerprint density at radius 3 is 2.42 bits per heavy atom. The number of aliphatic hydroxyl groups excluding tert-OH is 1. The number of nitrogens with zero attached hydrogens (tertiary/aromatic N) is 1. The molecule has 2 aromatic carbocycles. The second kappa shape index (κ2) is 16.9. The molecule has 3 aromatic rings. The van der Waals surface area contributed by atoms with E-state index in [9.17, 15) is 23.1 Å². The van der Waals surface area contributed by atoms with Gasteiger partial charge in [0.15, 0.2) is 17.5 Å². The molecule has 1 aliphatic carbocycles. The van der Waals surface area contributed by atoms with Crippen molar-refractivity contribution in [2.75, 3.05) is 5.32 Å². The lowest BCUT2D eigenvalue weighted by atomic mass is 9.78. The van der Waals surface area contributed by atoms with Gasteiger partial charge in [0, 0.05) is 45.9 Å². The summed E-state index contributed by atoms with van der Waals surface area (Å²) in [4.78, 5) is 16.2. The fraction of sp³-hybridized carbons (Fsp3) is 0.379. The maximum absolute atomic E-state index is 13.0. The quantitative estimate of drug-likeness (QED) is 0.132. The second-order valence-electron chi connectivity index (χ2n) is 9.51. The zero-order chi connectivity index (χ0) is 29.8. The molecule has 4 rings (SSSR count). The molecule has 1 saturated carbocycles. The Morgan fingerprint density at radius 1 is 1.23 bits per heavy atom. The maximum Gasteiger partial charge on any atom is 0.255 e. The van der Waals surface area contributed by atoms with E-state index in [1.807, 2.05) is 18.3 Å². The van der Waals surface area contributed by atoms with Gasteiger partial charge in [-0.2, -0.15) is 0 Å². The Balaban J connectivity index is 0.000000235. The number of nitrogens with one attached hydrogen (secondary N) is 1. The van der Waals surface area contributed by atoms with Crippen LogP contribution >= 0.6 is 36.2 Å². The summed E-state index contributed by atoms with van der Waals surface area (Å²) < 4.78 is 38.8. The Bertz CT molecular complexity index is 1220. The van der Waals surface area contributed by atoms with Gasteiger partial charge in [-0.25, -0.2) is 13.2 Å². The zero-order valence-electron chi connectivity index (χ0n) is 22.6. The highest BCUT2D eigenvalue weighted by atomic mass is 35.5. The van der Waals surface area contributed by atoms with Gasteiger partial charge in [-0.05, 0) is 61.4 Å². The third-order valence-corrected chi connectivity index (χ3v) is 8.14. The number of anilines is 1. The Hall–Kier alpha value is -2.24. The monoisotopic (exact) mass is 613 g/mol. The number of aliphatic hydroxyl groups is 1. The summed E-state index contributed by atoms with van der Waals surface area (Å²) >= 11 is 11.1. The van der Waals surface area contributed by atoms with Crippen molar-refractivity contribution < 1.29 is 23.1 Å². The molecule has 1 aliphatic rings. The Morgan fingerprint density at radius 2 is 1.90 bits per heavy atom. The third kappa shape index (κ3) is 10.3. The number of thiol groups is 1. The highest BCUT2D eigenvalue weighted by Gasteiger charge is 2.27. The smallest absolute Gasteiger partial charge is 0.255 e. The standard InChI is InChI=1S/C13H7ClF3NOS.C9H18O.C7H10N2S/c14-8-2-1-6(3-11(8)20)13(19)18-7-4-9(15)12(17)10(16)5-7;1-3-8-6-4-5-7(2)9(8)10;1-6(10-8)7-3-2-4-9-5-7/h1-5,20H,(H,18,19);7-10H,3-6H2,1-2H3;2-6H,8H2,1H3. The molecular weight excluding hydrogens is 579 g/mol. The van der Waals surface area contributed by atoms with Crippen LogP contribution in [0.1, 0.15) is 67.6 Å². The van der Waals surface area contributed by atoms with Gasteiger partial charge in [0.05, 0.1) is 11.1 Å². The van der Waals surface area contributed by atoms with E-state index in [2.05, 4.69) is 43.7 Å². The van der Waals surface area contributed by atoms with Crippen molar-refractivity contribution in [2.24, 2.45) is 17.0 Å². The van der Waals surface area contributed by atoms with Crippen LogP contribution in [0.5, 0.6) is 0 Å². The summed E-state index contributed by atoms with van der Waals surface area (Å²) in [5.41, 5.74) is 1.18. The summed E-state index contributed by atoms with van der Waals surface area (Å²) in [6.45, 7) is 6.39. The molecule has 5 nitrogen and oxygen atoms in total. The maximum atomic E-state index is 13.0. The van der Waals surface area contributed by atoms with Crippen LogP contribution in [0.15, 0.2) is 59.8 Å².